The third kappa shape index (κ3) is 3.64. The van der Waals surface area contributed by atoms with Crippen molar-refractivity contribution >= 4 is 23.2 Å². The lowest BCUT2D eigenvalue weighted by molar-refractivity contribution is -0.139. The number of carbonyl (C=O) groups is 2. The monoisotopic (exact) mass is 290 g/mol. The van der Waals surface area contributed by atoms with Gasteiger partial charge in [0.25, 0.3) is 5.91 Å². The lowest BCUT2D eigenvalue weighted by Gasteiger charge is -2.13. The van der Waals surface area contributed by atoms with Gasteiger partial charge in [0.1, 0.15) is 10.9 Å². The third-order valence-electron chi connectivity index (χ3n) is 2.73. The van der Waals surface area contributed by atoms with Gasteiger partial charge < -0.3 is 10.4 Å². The second-order valence-corrected chi connectivity index (χ2v) is 5.53. The Labute approximate surface area is 120 Å². The molecule has 6 heteroatoms. The number of aryl methyl sites for hydroxylation is 1. The number of rotatable bonds is 5. The number of benzene rings is 1. The maximum atomic E-state index is 12.0. The first kappa shape index (κ1) is 14.2. The maximum absolute atomic E-state index is 12.0. The second kappa shape index (κ2) is 6.29. The van der Waals surface area contributed by atoms with E-state index in [9.17, 15) is 14.7 Å². The number of nitrogens with zero attached hydrogens (tertiary/aromatic N) is 1. The minimum Gasteiger partial charge on any atom is -0.480 e. The summed E-state index contributed by atoms with van der Waals surface area (Å²) in [6, 6.07) is 8.24. The molecule has 20 heavy (non-hydrogen) atoms. The molecule has 1 unspecified atom stereocenters. The molecule has 2 aromatic rings. The summed E-state index contributed by atoms with van der Waals surface area (Å²) in [5, 5.41) is 12.5. The van der Waals surface area contributed by atoms with E-state index in [-0.39, 0.29) is 6.42 Å². The highest BCUT2D eigenvalue weighted by molar-refractivity contribution is 7.13. The molecule has 1 heterocycles. The van der Waals surface area contributed by atoms with Gasteiger partial charge >= 0.3 is 5.97 Å². The van der Waals surface area contributed by atoms with Crippen molar-refractivity contribution < 1.29 is 14.7 Å². The van der Waals surface area contributed by atoms with E-state index in [2.05, 4.69) is 10.3 Å². The van der Waals surface area contributed by atoms with E-state index in [1.165, 1.54) is 17.5 Å². The Bertz CT molecular complexity index is 610. The number of thiazole rings is 1. The molecule has 1 atom stereocenters. The van der Waals surface area contributed by atoms with Crippen LogP contribution in [0, 0.1) is 6.92 Å². The number of carboxylic acid groups (broad SMARTS) is 1. The predicted octanol–water partition coefficient (Wildman–Crippen LogP) is 1.88. The van der Waals surface area contributed by atoms with E-state index >= 15 is 0 Å². The number of hydrogen-bond acceptors (Lipinski definition) is 4. The van der Waals surface area contributed by atoms with Gasteiger partial charge in [-0.1, -0.05) is 30.3 Å². The summed E-state index contributed by atoms with van der Waals surface area (Å²) in [7, 11) is 0. The zero-order valence-corrected chi connectivity index (χ0v) is 11.7. The SMILES string of the molecule is Cc1ncc(C(=O)NC(Cc2ccccc2)C(=O)O)s1. The molecular weight excluding hydrogens is 276 g/mol. The molecule has 0 saturated heterocycles. The molecule has 0 aliphatic heterocycles. The molecule has 0 aliphatic carbocycles. The Hall–Kier alpha value is -2.21. The fraction of sp³-hybridized carbons (Fsp3) is 0.214. The molecule has 0 radical (unpaired) electrons. The number of aliphatic carboxylic acids is 1. The lowest BCUT2D eigenvalue weighted by Crippen LogP contribution is -2.42. The Balaban J connectivity index is 2.06. The minimum absolute atomic E-state index is 0.250. The molecule has 1 aromatic carbocycles. The summed E-state index contributed by atoms with van der Waals surface area (Å²) in [5.41, 5.74) is 0.862. The summed E-state index contributed by atoms with van der Waals surface area (Å²) in [4.78, 5) is 27.6. The Morgan fingerprint density at radius 3 is 2.60 bits per heavy atom. The minimum atomic E-state index is -1.05. The standard InChI is InChI=1S/C14H14N2O3S/c1-9-15-8-12(20-9)13(17)16-11(14(18)19)7-10-5-3-2-4-6-10/h2-6,8,11H,7H2,1H3,(H,16,17)(H,18,19). The van der Waals surface area contributed by atoms with Crippen LogP contribution in [0.15, 0.2) is 36.5 Å². The van der Waals surface area contributed by atoms with Crippen molar-refractivity contribution in [1.29, 1.82) is 0 Å². The zero-order chi connectivity index (χ0) is 14.5. The van der Waals surface area contributed by atoms with E-state index in [1.54, 1.807) is 6.92 Å². The van der Waals surface area contributed by atoms with Gasteiger partial charge in [-0.05, 0) is 12.5 Å². The first-order valence-electron chi connectivity index (χ1n) is 6.06. The highest BCUT2D eigenvalue weighted by Gasteiger charge is 2.21. The molecule has 5 nitrogen and oxygen atoms in total. The van der Waals surface area contributed by atoms with Crippen molar-refractivity contribution in [3.05, 3.63) is 52.0 Å². The summed E-state index contributed by atoms with van der Waals surface area (Å²) in [5.74, 6) is -1.46. The summed E-state index contributed by atoms with van der Waals surface area (Å²) >= 11 is 1.24. The molecule has 2 N–H and O–H groups in total. The van der Waals surface area contributed by atoms with Crippen LogP contribution >= 0.6 is 11.3 Å². The van der Waals surface area contributed by atoms with E-state index in [0.29, 0.717) is 4.88 Å². The van der Waals surface area contributed by atoms with Crippen LogP contribution in [0.2, 0.25) is 0 Å². The van der Waals surface area contributed by atoms with Crippen molar-refractivity contribution in [1.82, 2.24) is 10.3 Å². The van der Waals surface area contributed by atoms with Gasteiger partial charge in [-0.25, -0.2) is 9.78 Å². The predicted molar refractivity (Wildman–Crippen MR) is 75.9 cm³/mol. The number of amides is 1. The molecule has 0 saturated carbocycles. The molecule has 0 fully saturated rings. The van der Waals surface area contributed by atoms with Crippen LogP contribution in [-0.4, -0.2) is 28.0 Å². The first-order chi connectivity index (χ1) is 9.56. The lowest BCUT2D eigenvalue weighted by atomic mass is 10.1. The van der Waals surface area contributed by atoms with Crippen LogP contribution in [-0.2, 0) is 11.2 Å². The van der Waals surface area contributed by atoms with Gasteiger partial charge in [-0.15, -0.1) is 11.3 Å². The van der Waals surface area contributed by atoms with E-state index < -0.39 is 17.9 Å². The quantitative estimate of drug-likeness (QED) is 0.881. The van der Waals surface area contributed by atoms with Crippen LogP contribution < -0.4 is 5.32 Å². The molecule has 104 valence electrons. The van der Waals surface area contributed by atoms with Crippen LogP contribution in [0.5, 0.6) is 0 Å². The normalized spacial score (nSPS) is 11.8. The fourth-order valence-corrected chi connectivity index (χ4v) is 2.43. The molecule has 1 amide bonds. The van der Waals surface area contributed by atoms with E-state index in [0.717, 1.165) is 10.6 Å². The molecule has 0 aliphatic rings. The van der Waals surface area contributed by atoms with Crippen molar-refractivity contribution in [2.24, 2.45) is 0 Å². The topological polar surface area (TPSA) is 79.3 Å². The smallest absolute Gasteiger partial charge is 0.326 e. The van der Waals surface area contributed by atoms with Gasteiger partial charge in [0.15, 0.2) is 0 Å². The van der Waals surface area contributed by atoms with Crippen molar-refractivity contribution in [2.75, 3.05) is 0 Å². The van der Waals surface area contributed by atoms with Crippen LogP contribution in [0.4, 0.5) is 0 Å². The van der Waals surface area contributed by atoms with Gasteiger partial charge in [0.05, 0.1) is 11.2 Å². The Morgan fingerprint density at radius 2 is 2.05 bits per heavy atom. The molecule has 1 aromatic heterocycles. The molecular formula is C14H14N2O3S. The highest BCUT2D eigenvalue weighted by Crippen LogP contribution is 2.12. The maximum Gasteiger partial charge on any atom is 0.326 e. The van der Waals surface area contributed by atoms with Gasteiger partial charge in [-0.2, -0.15) is 0 Å². The Morgan fingerprint density at radius 1 is 1.35 bits per heavy atom. The summed E-state index contributed by atoms with van der Waals surface area (Å²) < 4.78 is 0. The van der Waals surface area contributed by atoms with Gasteiger partial charge in [0.2, 0.25) is 0 Å². The zero-order valence-electron chi connectivity index (χ0n) is 10.9. The molecule has 0 bridgehead atoms. The van der Waals surface area contributed by atoms with Gasteiger partial charge in [-0.3, -0.25) is 4.79 Å². The first-order valence-corrected chi connectivity index (χ1v) is 6.88. The van der Waals surface area contributed by atoms with Crippen molar-refractivity contribution in [3.8, 4) is 0 Å². The number of aromatic nitrogens is 1. The second-order valence-electron chi connectivity index (χ2n) is 4.30. The number of nitrogens with one attached hydrogen (secondary N) is 1. The third-order valence-corrected chi connectivity index (χ3v) is 3.64. The highest BCUT2D eigenvalue weighted by atomic mass is 32.1. The van der Waals surface area contributed by atoms with Crippen LogP contribution in [0.1, 0.15) is 20.2 Å². The number of hydrogen-bond donors (Lipinski definition) is 2. The average Bonchev–Trinajstić information content (AvgIpc) is 2.86. The van der Waals surface area contributed by atoms with Crippen molar-refractivity contribution in [3.63, 3.8) is 0 Å². The number of carboxylic acids is 1. The largest absolute Gasteiger partial charge is 0.480 e. The van der Waals surface area contributed by atoms with Crippen LogP contribution in [0.25, 0.3) is 0 Å². The molecule has 0 spiro atoms. The van der Waals surface area contributed by atoms with Gasteiger partial charge in [0, 0.05) is 6.42 Å². The summed E-state index contributed by atoms with van der Waals surface area (Å²) in [6.07, 6.45) is 1.70. The van der Waals surface area contributed by atoms with E-state index in [1.807, 2.05) is 30.3 Å². The average molecular weight is 290 g/mol. The van der Waals surface area contributed by atoms with Crippen molar-refractivity contribution in [2.45, 2.75) is 19.4 Å². The summed E-state index contributed by atoms with van der Waals surface area (Å²) in [6.45, 7) is 1.79. The van der Waals surface area contributed by atoms with Crippen LogP contribution in [0.3, 0.4) is 0 Å². The Kier molecular flexibility index (Phi) is 4.47. The number of carbonyl (C=O) groups excluding carboxylic acids is 1. The van der Waals surface area contributed by atoms with E-state index in [4.69, 9.17) is 0 Å². The fourth-order valence-electron chi connectivity index (χ4n) is 1.75. The molecule has 2 rings (SSSR count).